The molecule has 1 heterocycles. The summed E-state index contributed by atoms with van der Waals surface area (Å²) in [5.41, 5.74) is 0. The molecule has 1 unspecified atom stereocenters. The number of aryl methyl sites for hydroxylation is 2. The van der Waals surface area contributed by atoms with Crippen LogP contribution in [0.2, 0.25) is 0 Å². The molecule has 0 aliphatic rings. The summed E-state index contributed by atoms with van der Waals surface area (Å²) in [7, 11) is 0. The minimum atomic E-state index is -2.36. The van der Waals surface area contributed by atoms with Crippen molar-refractivity contribution in [2.75, 3.05) is 0 Å². The number of rotatable bonds is 0. The summed E-state index contributed by atoms with van der Waals surface area (Å²) in [5, 5.41) is 13.7. The molecule has 0 aliphatic carbocycles. The summed E-state index contributed by atoms with van der Waals surface area (Å²) < 4.78 is 17.6. The van der Waals surface area contributed by atoms with Gasteiger partial charge in [0.05, 0.1) is 0 Å². The van der Waals surface area contributed by atoms with E-state index in [4.69, 9.17) is 8.76 Å². The fraction of sp³-hybridized carbons (Fsp3) is 0.500. The average Bonchev–Trinajstić information content (AvgIpc) is 2.13. The van der Waals surface area contributed by atoms with Crippen molar-refractivity contribution in [1.82, 2.24) is 10.2 Å². The smallest absolute Gasteiger partial charge is 0.114 e. The number of hydrogen-bond acceptors (Lipinski definition) is 5. The molecular formula is C4H8N3O2S2-. The van der Waals surface area contributed by atoms with Crippen LogP contribution in [0.25, 0.3) is 0 Å². The van der Waals surface area contributed by atoms with Crippen LogP contribution in [0.15, 0.2) is 0 Å². The highest BCUT2D eigenvalue weighted by molar-refractivity contribution is 7.76. The molecule has 5 nitrogen and oxygen atoms in total. The molecule has 1 atom stereocenters. The number of aromatic nitrogens is 2. The van der Waals surface area contributed by atoms with Gasteiger partial charge in [0, 0.05) is 11.3 Å². The van der Waals surface area contributed by atoms with Gasteiger partial charge in [0.2, 0.25) is 0 Å². The first-order chi connectivity index (χ1) is 5.02. The van der Waals surface area contributed by atoms with Crippen molar-refractivity contribution >= 4 is 22.6 Å². The van der Waals surface area contributed by atoms with Gasteiger partial charge in [-0.2, -0.15) is 0 Å². The molecule has 0 amide bonds. The second kappa shape index (κ2) is 5.30. The van der Waals surface area contributed by atoms with E-state index >= 15 is 0 Å². The molecular weight excluding hydrogens is 186 g/mol. The molecule has 1 aromatic rings. The topological polar surface area (TPSA) is 91.9 Å². The first kappa shape index (κ1) is 10.6. The Morgan fingerprint density at radius 2 is 1.73 bits per heavy atom. The maximum Gasteiger partial charge on any atom is 0.114 e. The summed E-state index contributed by atoms with van der Waals surface area (Å²) in [4.78, 5) is 0. The largest absolute Gasteiger partial charge is 0.760 e. The molecule has 2 N–H and O–H groups in total. The van der Waals surface area contributed by atoms with Crippen LogP contribution in [-0.4, -0.2) is 19.0 Å². The van der Waals surface area contributed by atoms with Crippen molar-refractivity contribution in [3.63, 3.8) is 0 Å². The van der Waals surface area contributed by atoms with Gasteiger partial charge >= 0.3 is 0 Å². The van der Waals surface area contributed by atoms with Crippen molar-refractivity contribution in [3.8, 4) is 0 Å². The SMILES string of the molecule is Cc1nnc(C)s1.NS(=O)[O-]. The molecule has 1 rings (SSSR count). The van der Waals surface area contributed by atoms with Gasteiger partial charge < -0.3 is 4.55 Å². The second-order valence-corrected chi connectivity index (χ2v) is 3.51. The Morgan fingerprint density at radius 3 is 1.82 bits per heavy atom. The highest BCUT2D eigenvalue weighted by Crippen LogP contribution is 2.03. The Bertz CT molecular complexity index is 216. The van der Waals surface area contributed by atoms with E-state index < -0.39 is 11.3 Å². The van der Waals surface area contributed by atoms with Crippen molar-refractivity contribution in [2.24, 2.45) is 5.14 Å². The van der Waals surface area contributed by atoms with Crippen LogP contribution in [-0.2, 0) is 11.3 Å². The van der Waals surface area contributed by atoms with E-state index in [2.05, 4.69) is 15.3 Å². The summed E-state index contributed by atoms with van der Waals surface area (Å²) >= 11 is -0.741. The van der Waals surface area contributed by atoms with E-state index in [0.717, 1.165) is 10.0 Å². The average molecular weight is 194 g/mol. The third-order valence-corrected chi connectivity index (χ3v) is 1.38. The Balaban J connectivity index is 0.000000218. The predicted octanol–water partition coefficient (Wildman–Crippen LogP) is -0.106. The Morgan fingerprint density at radius 1 is 1.45 bits per heavy atom. The Labute approximate surface area is 71.1 Å². The second-order valence-electron chi connectivity index (χ2n) is 1.60. The fourth-order valence-corrected chi connectivity index (χ4v) is 0.986. The van der Waals surface area contributed by atoms with Crippen LogP contribution in [0.5, 0.6) is 0 Å². The molecule has 0 fully saturated rings. The van der Waals surface area contributed by atoms with Crippen molar-refractivity contribution in [1.29, 1.82) is 0 Å². The van der Waals surface area contributed by atoms with Crippen LogP contribution in [0, 0.1) is 13.8 Å². The van der Waals surface area contributed by atoms with Crippen LogP contribution in [0.1, 0.15) is 10.0 Å². The summed E-state index contributed by atoms with van der Waals surface area (Å²) in [6.07, 6.45) is 0. The molecule has 0 aliphatic heterocycles. The molecule has 0 spiro atoms. The molecule has 0 aromatic carbocycles. The lowest BCUT2D eigenvalue weighted by molar-refractivity contribution is 0.539. The van der Waals surface area contributed by atoms with E-state index in [1.807, 2.05) is 13.8 Å². The quantitative estimate of drug-likeness (QED) is 0.583. The van der Waals surface area contributed by atoms with Gasteiger partial charge in [0.15, 0.2) is 0 Å². The molecule has 64 valence electrons. The van der Waals surface area contributed by atoms with Gasteiger partial charge in [-0.15, -0.1) is 21.5 Å². The molecule has 1 aromatic heterocycles. The van der Waals surface area contributed by atoms with Gasteiger partial charge in [-0.3, -0.25) is 9.35 Å². The lowest BCUT2D eigenvalue weighted by Crippen LogP contribution is -1.97. The Kier molecular flexibility index (Phi) is 5.12. The van der Waals surface area contributed by atoms with Crippen molar-refractivity contribution in [3.05, 3.63) is 10.0 Å². The molecule has 0 radical (unpaired) electrons. The number of nitrogens with zero attached hydrogens (tertiary/aromatic N) is 2. The van der Waals surface area contributed by atoms with Gasteiger partial charge in [-0.05, 0) is 13.8 Å². The Hall–Kier alpha value is -0.370. The number of hydrogen-bond donors (Lipinski definition) is 1. The van der Waals surface area contributed by atoms with Crippen LogP contribution < -0.4 is 5.14 Å². The molecule has 0 saturated heterocycles. The lowest BCUT2D eigenvalue weighted by atomic mass is 10.9. The van der Waals surface area contributed by atoms with Crippen molar-refractivity contribution < 1.29 is 8.76 Å². The predicted molar refractivity (Wildman–Crippen MR) is 42.5 cm³/mol. The van der Waals surface area contributed by atoms with E-state index in [0.29, 0.717) is 0 Å². The minimum absolute atomic E-state index is 1.04. The summed E-state index contributed by atoms with van der Waals surface area (Å²) in [6.45, 7) is 3.90. The molecule has 0 bridgehead atoms. The minimum Gasteiger partial charge on any atom is -0.760 e. The van der Waals surface area contributed by atoms with E-state index in [1.54, 1.807) is 11.3 Å². The molecule has 7 heteroatoms. The molecule has 0 saturated carbocycles. The maximum absolute atomic E-state index is 8.78. The zero-order chi connectivity index (χ0) is 8.85. The number of nitrogens with two attached hydrogens (primary N) is 1. The van der Waals surface area contributed by atoms with Crippen molar-refractivity contribution in [2.45, 2.75) is 13.8 Å². The van der Waals surface area contributed by atoms with Gasteiger partial charge in [-0.1, -0.05) is 0 Å². The first-order valence-corrected chi connectivity index (χ1v) is 4.58. The lowest BCUT2D eigenvalue weighted by Gasteiger charge is -1.85. The van der Waals surface area contributed by atoms with E-state index in [-0.39, 0.29) is 0 Å². The van der Waals surface area contributed by atoms with Gasteiger partial charge in [0.25, 0.3) is 0 Å². The maximum atomic E-state index is 8.78. The highest BCUT2D eigenvalue weighted by Gasteiger charge is 1.88. The van der Waals surface area contributed by atoms with Crippen LogP contribution in [0.3, 0.4) is 0 Å². The monoisotopic (exact) mass is 194 g/mol. The third kappa shape index (κ3) is 7.53. The zero-order valence-electron chi connectivity index (χ0n) is 6.10. The van der Waals surface area contributed by atoms with Gasteiger partial charge in [0.1, 0.15) is 10.0 Å². The van der Waals surface area contributed by atoms with Crippen LogP contribution >= 0.6 is 11.3 Å². The van der Waals surface area contributed by atoms with Gasteiger partial charge in [-0.25, -0.2) is 0 Å². The van der Waals surface area contributed by atoms with Crippen LogP contribution in [0.4, 0.5) is 0 Å². The summed E-state index contributed by atoms with van der Waals surface area (Å²) in [6, 6.07) is 0. The third-order valence-electron chi connectivity index (χ3n) is 0.627. The van der Waals surface area contributed by atoms with E-state index in [1.165, 1.54) is 0 Å². The summed E-state index contributed by atoms with van der Waals surface area (Å²) in [5.74, 6) is 0. The normalized spacial score (nSPS) is 11.6. The fourth-order valence-electron chi connectivity index (χ4n) is 0.395. The first-order valence-electron chi connectivity index (χ1n) is 2.62. The standard InChI is InChI=1S/C4H6N2S.H3NO2S/c1-3-5-6-4(2)7-3;1-4(2)3/h1-2H3;1H2,(H,2,3)/p-1. The molecule has 11 heavy (non-hydrogen) atoms. The van der Waals surface area contributed by atoms with E-state index in [9.17, 15) is 0 Å². The zero-order valence-corrected chi connectivity index (χ0v) is 7.74. The highest BCUT2D eigenvalue weighted by atomic mass is 32.2.